The van der Waals surface area contributed by atoms with Crippen LogP contribution in [0.25, 0.3) is 0 Å². The van der Waals surface area contributed by atoms with Gasteiger partial charge < -0.3 is 9.47 Å². The fourth-order valence-electron chi connectivity index (χ4n) is 2.81. The Bertz CT molecular complexity index is 989. The minimum Gasteiger partial charge on any atom is -0.485 e. The Morgan fingerprint density at radius 2 is 2.07 bits per heavy atom. The molecule has 0 radical (unpaired) electrons. The molecule has 0 spiro atoms. The largest absolute Gasteiger partial charge is 0.485 e. The normalized spacial score (nSPS) is 15.4. The molecule has 27 heavy (non-hydrogen) atoms. The van der Waals surface area contributed by atoms with Gasteiger partial charge in [-0.3, -0.25) is 10.1 Å². The summed E-state index contributed by atoms with van der Waals surface area (Å²) in [7, 11) is 0. The number of fused-ring (bicyclic) bond motifs is 1. The molecule has 1 atom stereocenters. The molecule has 5 nitrogen and oxygen atoms in total. The van der Waals surface area contributed by atoms with Gasteiger partial charge in [0.05, 0.1) is 5.69 Å². The van der Waals surface area contributed by atoms with Crippen LogP contribution in [0, 0.1) is 6.92 Å². The number of hydrogen-bond acceptors (Lipinski definition) is 5. The van der Waals surface area contributed by atoms with Gasteiger partial charge in [-0.25, -0.2) is 4.98 Å². The SMILES string of the molecule is Cc1nc(NC(=O)C2COc3ccccc3O2)sc1Cc1cccc(Br)c1. The lowest BCUT2D eigenvalue weighted by Crippen LogP contribution is -2.40. The number of para-hydroxylation sites is 2. The molecule has 0 aliphatic carbocycles. The van der Waals surface area contributed by atoms with E-state index in [-0.39, 0.29) is 12.5 Å². The van der Waals surface area contributed by atoms with Gasteiger partial charge in [0.15, 0.2) is 16.6 Å². The lowest BCUT2D eigenvalue weighted by Gasteiger charge is -2.25. The highest BCUT2D eigenvalue weighted by molar-refractivity contribution is 9.10. The van der Waals surface area contributed by atoms with E-state index in [4.69, 9.17) is 9.47 Å². The molecule has 7 heteroatoms. The number of aromatic nitrogens is 1. The van der Waals surface area contributed by atoms with Crippen LogP contribution in [0.1, 0.15) is 16.1 Å². The Morgan fingerprint density at radius 3 is 2.89 bits per heavy atom. The number of thiazole rings is 1. The van der Waals surface area contributed by atoms with E-state index in [0.717, 1.165) is 21.5 Å². The molecule has 1 aromatic heterocycles. The molecule has 138 valence electrons. The quantitative estimate of drug-likeness (QED) is 0.639. The first-order chi connectivity index (χ1) is 13.1. The summed E-state index contributed by atoms with van der Waals surface area (Å²) < 4.78 is 12.4. The summed E-state index contributed by atoms with van der Waals surface area (Å²) in [6.07, 6.45) is 0.0764. The smallest absolute Gasteiger partial charge is 0.270 e. The number of amides is 1. The highest BCUT2D eigenvalue weighted by Crippen LogP contribution is 2.31. The molecule has 4 rings (SSSR count). The van der Waals surface area contributed by atoms with E-state index in [0.29, 0.717) is 16.6 Å². The number of ether oxygens (including phenoxy) is 2. The van der Waals surface area contributed by atoms with E-state index in [1.165, 1.54) is 16.9 Å². The van der Waals surface area contributed by atoms with E-state index in [2.05, 4.69) is 38.4 Å². The number of benzene rings is 2. The van der Waals surface area contributed by atoms with Crippen molar-refractivity contribution in [1.82, 2.24) is 4.98 Å². The molecular weight excluding hydrogens is 428 g/mol. The van der Waals surface area contributed by atoms with Gasteiger partial charge in [-0.05, 0) is 36.8 Å². The van der Waals surface area contributed by atoms with Crippen LogP contribution in [0.4, 0.5) is 5.13 Å². The predicted molar refractivity (Wildman–Crippen MR) is 109 cm³/mol. The van der Waals surface area contributed by atoms with E-state index < -0.39 is 6.10 Å². The van der Waals surface area contributed by atoms with Gasteiger partial charge in [0, 0.05) is 15.8 Å². The molecule has 1 amide bonds. The third kappa shape index (κ3) is 4.14. The Labute approximate surface area is 169 Å². The Hall–Kier alpha value is -2.38. The zero-order valence-corrected chi connectivity index (χ0v) is 17.0. The van der Waals surface area contributed by atoms with Gasteiger partial charge in [0.25, 0.3) is 5.91 Å². The van der Waals surface area contributed by atoms with Crippen LogP contribution in [0.5, 0.6) is 11.5 Å². The van der Waals surface area contributed by atoms with Gasteiger partial charge in [0.1, 0.15) is 6.61 Å². The van der Waals surface area contributed by atoms with Crippen LogP contribution in [0.2, 0.25) is 0 Å². The average molecular weight is 445 g/mol. The minimum atomic E-state index is -0.697. The minimum absolute atomic E-state index is 0.179. The van der Waals surface area contributed by atoms with Crippen molar-refractivity contribution in [2.75, 3.05) is 11.9 Å². The fourth-order valence-corrected chi connectivity index (χ4v) is 4.26. The molecule has 3 aromatic rings. The van der Waals surface area contributed by atoms with Crippen LogP contribution >= 0.6 is 27.3 Å². The van der Waals surface area contributed by atoms with Crippen molar-refractivity contribution in [2.45, 2.75) is 19.4 Å². The van der Waals surface area contributed by atoms with Gasteiger partial charge in [-0.1, -0.05) is 40.2 Å². The molecule has 1 aliphatic heterocycles. The summed E-state index contributed by atoms with van der Waals surface area (Å²) in [6.45, 7) is 2.13. The fraction of sp³-hybridized carbons (Fsp3) is 0.200. The van der Waals surface area contributed by atoms with Gasteiger partial charge in [-0.2, -0.15) is 0 Å². The van der Waals surface area contributed by atoms with Crippen LogP contribution < -0.4 is 14.8 Å². The number of nitrogens with zero attached hydrogens (tertiary/aromatic N) is 1. The van der Waals surface area contributed by atoms with Gasteiger partial charge in [0.2, 0.25) is 6.10 Å². The second kappa shape index (κ2) is 7.70. The molecule has 2 aromatic carbocycles. The first-order valence-corrected chi connectivity index (χ1v) is 10.1. The maximum atomic E-state index is 12.5. The molecule has 0 fully saturated rings. The van der Waals surface area contributed by atoms with Crippen molar-refractivity contribution in [1.29, 1.82) is 0 Å². The molecule has 1 unspecified atom stereocenters. The Kier molecular flexibility index (Phi) is 5.13. The summed E-state index contributed by atoms with van der Waals surface area (Å²) in [5, 5.41) is 3.43. The monoisotopic (exact) mass is 444 g/mol. The van der Waals surface area contributed by atoms with E-state index in [1.54, 1.807) is 6.07 Å². The predicted octanol–water partition coefficient (Wildman–Crippen LogP) is 4.58. The molecule has 1 N–H and O–H groups in total. The topological polar surface area (TPSA) is 60.5 Å². The van der Waals surface area contributed by atoms with Crippen molar-refractivity contribution in [3.05, 3.63) is 69.1 Å². The third-order valence-electron chi connectivity index (χ3n) is 4.18. The van der Waals surface area contributed by atoms with Crippen LogP contribution in [0.15, 0.2) is 53.0 Å². The lowest BCUT2D eigenvalue weighted by atomic mass is 10.1. The second-order valence-electron chi connectivity index (χ2n) is 6.19. The van der Waals surface area contributed by atoms with Crippen molar-refractivity contribution in [3.8, 4) is 11.5 Å². The molecular formula is C20H17BrN2O3S. The zero-order valence-electron chi connectivity index (χ0n) is 14.6. The number of hydrogen-bond donors (Lipinski definition) is 1. The summed E-state index contributed by atoms with van der Waals surface area (Å²) in [6, 6.07) is 15.5. The molecule has 0 saturated heterocycles. The molecule has 1 aliphatic rings. The van der Waals surface area contributed by atoms with Crippen LogP contribution in [-0.2, 0) is 11.2 Å². The van der Waals surface area contributed by atoms with Gasteiger partial charge >= 0.3 is 0 Å². The lowest BCUT2D eigenvalue weighted by molar-refractivity contribution is -0.125. The number of anilines is 1. The second-order valence-corrected chi connectivity index (χ2v) is 8.19. The number of nitrogens with one attached hydrogen (secondary N) is 1. The van der Waals surface area contributed by atoms with E-state index >= 15 is 0 Å². The maximum Gasteiger partial charge on any atom is 0.270 e. The first-order valence-electron chi connectivity index (χ1n) is 8.48. The van der Waals surface area contributed by atoms with Crippen molar-refractivity contribution in [2.24, 2.45) is 0 Å². The van der Waals surface area contributed by atoms with Crippen molar-refractivity contribution >= 4 is 38.3 Å². The highest BCUT2D eigenvalue weighted by Gasteiger charge is 2.28. The maximum absolute atomic E-state index is 12.5. The standard InChI is InChI=1S/C20H17BrN2O3S/c1-12-18(10-13-5-4-6-14(21)9-13)27-20(22-12)23-19(24)17-11-25-15-7-2-3-8-16(15)26-17/h2-9,17H,10-11H2,1H3,(H,22,23,24). The number of carbonyl (C=O) groups is 1. The van der Waals surface area contributed by atoms with Crippen LogP contribution in [-0.4, -0.2) is 23.6 Å². The molecule has 2 heterocycles. The Balaban J connectivity index is 1.43. The average Bonchev–Trinajstić information content (AvgIpc) is 3.00. The number of rotatable bonds is 4. The van der Waals surface area contributed by atoms with Crippen molar-refractivity contribution < 1.29 is 14.3 Å². The summed E-state index contributed by atoms with van der Waals surface area (Å²) >= 11 is 4.98. The Morgan fingerprint density at radius 1 is 1.26 bits per heavy atom. The zero-order chi connectivity index (χ0) is 18.8. The highest BCUT2D eigenvalue weighted by atomic mass is 79.9. The number of aryl methyl sites for hydroxylation is 1. The van der Waals surface area contributed by atoms with Crippen molar-refractivity contribution in [3.63, 3.8) is 0 Å². The molecule has 0 saturated carbocycles. The number of carbonyl (C=O) groups excluding carboxylic acids is 1. The number of halogens is 1. The van der Waals surface area contributed by atoms with E-state index in [9.17, 15) is 4.79 Å². The third-order valence-corrected chi connectivity index (χ3v) is 5.74. The van der Waals surface area contributed by atoms with Crippen LogP contribution in [0.3, 0.4) is 0 Å². The summed E-state index contributed by atoms with van der Waals surface area (Å²) in [4.78, 5) is 18.2. The first kappa shape index (κ1) is 18.0. The summed E-state index contributed by atoms with van der Waals surface area (Å²) in [5.74, 6) is 0.977. The molecule has 0 bridgehead atoms. The van der Waals surface area contributed by atoms with E-state index in [1.807, 2.05) is 37.3 Å². The van der Waals surface area contributed by atoms with Gasteiger partial charge in [-0.15, -0.1) is 11.3 Å². The summed E-state index contributed by atoms with van der Waals surface area (Å²) in [5.41, 5.74) is 2.11.